The molecule has 1 N–H and O–H groups in total. The molecule has 1 aliphatic rings. The van der Waals surface area contributed by atoms with E-state index in [4.69, 9.17) is 9.15 Å². The first kappa shape index (κ1) is 17.8. The maximum atomic E-state index is 12.7. The lowest BCUT2D eigenvalue weighted by atomic mass is 10.1. The fourth-order valence-electron chi connectivity index (χ4n) is 3.27. The molecule has 1 heterocycles. The molecule has 0 bridgehead atoms. The molecule has 3 atom stereocenters. The summed E-state index contributed by atoms with van der Waals surface area (Å²) in [6.45, 7) is 11.0. The van der Waals surface area contributed by atoms with Crippen LogP contribution in [-0.2, 0) is 9.53 Å². The van der Waals surface area contributed by atoms with Gasteiger partial charge in [0.15, 0.2) is 0 Å². The molecule has 1 fully saturated rings. The van der Waals surface area contributed by atoms with Crippen LogP contribution in [0.4, 0.5) is 0 Å². The predicted octanol–water partition coefficient (Wildman–Crippen LogP) is 4.02. The zero-order chi connectivity index (χ0) is 17.2. The van der Waals surface area contributed by atoms with Crippen LogP contribution in [0.25, 0.3) is 0 Å². The number of aryl methyl sites for hydroxylation is 1. The standard InChI is InChI=1S/C19H29NO3/c1-12(2)11-14-17(19(14,4)5)18(21)20-15(9-10-22-6)16-8-7-13(3)23-16/h7-8,11,14-15,17H,9-10H2,1-6H3,(H,20,21)/t14-,15+,17-/m1/s1. The second-order valence-electron chi connectivity index (χ2n) is 7.36. The fraction of sp³-hybridized carbons (Fsp3) is 0.632. The second kappa shape index (κ2) is 6.91. The van der Waals surface area contributed by atoms with Crippen molar-refractivity contribution in [2.45, 2.75) is 47.1 Å². The Morgan fingerprint density at radius 1 is 1.43 bits per heavy atom. The first-order valence-electron chi connectivity index (χ1n) is 8.28. The quantitative estimate of drug-likeness (QED) is 0.772. The molecule has 0 saturated heterocycles. The van der Waals surface area contributed by atoms with Crippen LogP contribution in [0, 0.1) is 24.2 Å². The number of allylic oxidation sites excluding steroid dienone is 2. The molecule has 0 aromatic carbocycles. The predicted molar refractivity (Wildman–Crippen MR) is 91.0 cm³/mol. The van der Waals surface area contributed by atoms with Gasteiger partial charge in [-0.1, -0.05) is 25.5 Å². The van der Waals surface area contributed by atoms with Crippen molar-refractivity contribution in [3.8, 4) is 0 Å². The monoisotopic (exact) mass is 319 g/mol. The molecule has 2 rings (SSSR count). The third kappa shape index (κ3) is 4.05. The van der Waals surface area contributed by atoms with Crippen molar-refractivity contribution >= 4 is 5.91 Å². The van der Waals surface area contributed by atoms with Gasteiger partial charge in [-0.25, -0.2) is 0 Å². The summed E-state index contributed by atoms with van der Waals surface area (Å²) < 4.78 is 10.9. The Bertz CT molecular complexity index is 581. The van der Waals surface area contributed by atoms with E-state index in [0.29, 0.717) is 18.9 Å². The van der Waals surface area contributed by atoms with Gasteiger partial charge in [-0.2, -0.15) is 0 Å². The fourth-order valence-corrected chi connectivity index (χ4v) is 3.27. The molecule has 0 spiro atoms. The van der Waals surface area contributed by atoms with Gasteiger partial charge in [-0.3, -0.25) is 4.79 Å². The number of nitrogens with one attached hydrogen (secondary N) is 1. The normalized spacial score (nSPS) is 23.2. The van der Waals surface area contributed by atoms with Gasteiger partial charge >= 0.3 is 0 Å². The summed E-state index contributed by atoms with van der Waals surface area (Å²) in [5.74, 6) is 2.09. The first-order chi connectivity index (χ1) is 10.8. The highest BCUT2D eigenvalue weighted by atomic mass is 16.5. The highest BCUT2D eigenvalue weighted by molar-refractivity contribution is 5.84. The zero-order valence-electron chi connectivity index (χ0n) is 15.1. The summed E-state index contributed by atoms with van der Waals surface area (Å²) in [6, 6.07) is 3.72. The van der Waals surface area contributed by atoms with Gasteiger partial charge in [0.2, 0.25) is 5.91 Å². The molecular weight excluding hydrogens is 290 g/mol. The van der Waals surface area contributed by atoms with Crippen LogP contribution in [0.2, 0.25) is 0 Å². The van der Waals surface area contributed by atoms with E-state index in [1.807, 2.05) is 19.1 Å². The Morgan fingerprint density at radius 2 is 2.13 bits per heavy atom. The van der Waals surface area contributed by atoms with Gasteiger partial charge in [0, 0.05) is 13.7 Å². The van der Waals surface area contributed by atoms with Crippen molar-refractivity contribution in [3.05, 3.63) is 35.3 Å². The van der Waals surface area contributed by atoms with E-state index in [1.54, 1.807) is 7.11 Å². The van der Waals surface area contributed by atoms with Crippen LogP contribution in [0.3, 0.4) is 0 Å². The van der Waals surface area contributed by atoms with Gasteiger partial charge in [0.1, 0.15) is 11.5 Å². The number of methoxy groups -OCH3 is 1. The van der Waals surface area contributed by atoms with Crippen LogP contribution >= 0.6 is 0 Å². The first-order valence-corrected chi connectivity index (χ1v) is 8.28. The summed E-state index contributed by atoms with van der Waals surface area (Å²) in [7, 11) is 1.67. The maximum Gasteiger partial charge on any atom is 0.224 e. The number of ether oxygens (including phenoxy) is 1. The summed E-state index contributed by atoms with van der Waals surface area (Å²) in [6.07, 6.45) is 2.92. The lowest BCUT2D eigenvalue weighted by Crippen LogP contribution is -2.31. The van der Waals surface area contributed by atoms with Crippen LogP contribution in [0.5, 0.6) is 0 Å². The minimum absolute atomic E-state index is 0.0201. The molecule has 1 saturated carbocycles. The lowest BCUT2D eigenvalue weighted by molar-refractivity contribution is -0.124. The topological polar surface area (TPSA) is 51.5 Å². The van der Waals surface area contributed by atoms with Crippen molar-refractivity contribution in [1.29, 1.82) is 0 Å². The number of hydrogen-bond acceptors (Lipinski definition) is 3. The van der Waals surface area contributed by atoms with Crippen LogP contribution in [0.15, 0.2) is 28.2 Å². The molecule has 128 valence electrons. The van der Waals surface area contributed by atoms with E-state index in [0.717, 1.165) is 11.5 Å². The van der Waals surface area contributed by atoms with Crippen LogP contribution in [0.1, 0.15) is 51.7 Å². The van der Waals surface area contributed by atoms with Gasteiger partial charge in [0.05, 0.1) is 12.0 Å². The summed E-state index contributed by atoms with van der Waals surface area (Å²) in [4.78, 5) is 12.7. The number of amides is 1. The molecule has 0 radical (unpaired) electrons. The lowest BCUT2D eigenvalue weighted by Gasteiger charge is -2.17. The third-order valence-electron chi connectivity index (χ3n) is 4.74. The Morgan fingerprint density at radius 3 is 2.65 bits per heavy atom. The van der Waals surface area contributed by atoms with Gasteiger partial charge in [-0.05, 0) is 50.7 Å². The summed E-state index contributed by atoms with van der Waals surface area (Å²) >= 11 is 0. The van der Waals surface area contributed by atoms with E-state index >= 15 is 0 Å². The van der Waals surface area contributed by atoms with E-state index in [1.165, 1.54) is 5.57 Å². The Hall–Kier alpha value is -1.55. The average molecular weight is 319 g/mol. The zero-order valence-corrected chi connectivity index (χ0v) is 15.1. The number of hydrogen-bond donors (Lipinski definition) is 1. The minimum Gasteiger partial charge on any atom is -0.464 e. The summed E-state index contributed by atoms with van der Waals surface area (Å²) in [5, 5.41) is 3.16. The molecule has 0 aliphatic heterocycles. The molecular formula is C19H29NO3. The van der Waals surface area contributed by atoms with E-state index < -0.39 is 0 Å². The van der Waals surface area contributed by atoms with Crippen LogP contribution in [-0.4, -0.2) is 19.6 Å². The molecule has 1 aliphatic carbocycles. The van der Waals surface area contributed by atoms with Crippen molar-refractivity contribution in [1.82, 2.24) is 5.32 Å². The smallest absolute Gasteiger partial charge is 0.224 e. The van der Waals surface area contributed by atoms with Gasteiger partial charge in [-0.15, -0.1) is 0 Å². The Balaban J connectivity index is 2.08. The highest BCUT2D eigenvalue weighted by Crippen LogP contribution is 2.59. The third-order valence-corrected chi connectivity index (χ3v) is 4.74. The largest absolute Gasteiger partial charge is 0.464 e. The van der Waals surface area contributed by atoms with E-state index in [2.05, 4.69) is 39.1 Å². The van der Waals surface area contributed by atoms with Crippen molar-refractivity contribution < 1.29 is 13.9 Å². The molecule has 4 nitrogen and oxygen atoms in total. The highest BCUT2D eigenvalue weighted by Gasteiger charge is 2.60. The van der Waals surface area contributed by atoms with E-state index in [9.17, 15) is 4.79 Å². The van der Waals surface area contributed by atoms with E-state index in [-0.39, 0.29) is 23.3 Å². The second-order valence-corrected chi connectivity index (χ2v) is 7.36. The number of rotatable bonds is 7. The molecule has 23 heavy (non-hydrogen) atoms. The molecule has 1 aromatic rings. The van der Waals surface area contributed by atoms with Gasteiger partial charge < -0.3 is 14.5 Å². The minimum atomic E-state index is -0.139. The molecule has 1 amide bonds. The molecule has 1 aromatic heterocycles. The van der Waals surface area contributed by atoms with Gasteiger partial charge in [0.25, 0.3) is 0 Å². The Kier molecular flexibility index (Phi) is 5.35. The SMILES string of the molecule is COCC[C@H](NC(=O)[C@H]1[C@@H](C=C(C)C)C1(C)C)c1ccc(C)o1. The van der Waals surface area contributed by atoms with Crippen molar-refractivity contribution in [3.63, 3.8) is 0 Å². The number of carbonyl (C=O) groups is 1. The number of furan rings is 1. The van der Waals surface area contributed by atoms with Crippen molar-refractivity contribution in [2.24, 2.45) is 17.3 Å². The Labute approximate surface area is 139 Å². The van der Waals surface area contributed by atoms with Crippen LogP contribution < -0.4 is 5.32 Å². The summed E-state index contributed by atoms with van der Waals surface area (Å²) in [5.41, 5.74) is 1.28. The molecule has 4 heteroatoms. The number of carbonyl (C=O) groups excluding carboxylic acids is 1. The van der Waals surface area contributed by atoms with Crippen molar-refractivity contribution in [2.75, 3.05) is 13.7 Å². The maximum absolute atomic E-state index is 12.7. The molecule has 0 unspecified atom stereocenters. The average Bonchev–Trinajstić information content (AvgIpc) is 2.80.